The summed E-state index contributed by atoms with van der Waals surface area (Å²) in [5.41, 5.74) is 1.13. The third-order valence-electron chi connectivity index (χ3n) is 5.07. The van der Waals surface area contributed by atoms with Crippen LogP contribution >= 0.6 is 0 Å². The smallest absolute Gasteiger partial charge is 0.251 e. The highest BCUT2D eigenvalue weighted by atomic mass is 19.1. The molecule has 166 valence electrons. The normalized spacial score (nSPS) is 22.7. The van der Waals surface area contributed by atoms with Crippen LogP contribution in [0.2, 0.25) is 0 Å². The number of aliphatic hydroxyl groups excluding tert-OH is 2. The molecule has 9 heteroatoms. The van der Waals surface area contributed by atoms with Crippen molar-refractivity contribution in [2.75, 3.05) is 13.7 Å². The summed E-state index contributed by atoms with van der Waals surface area (Å²) in [7, 11) is 1.53. The molecule has 1 aliphatic heterocycles. The minimum absolute atomic E-state index is 0.0310. The molecule has 0 radical (unpaired) electrons. The largest absolute Gasteiger partial charge is 0.497 e. The summed E-state index contributed by atoms with van der Waals surface area (Å²) in [4.78, 5) is 24.4. The lowest BCUT2D eigenvalue weighted by atomic mass is 10.1. The van der Waals surface area contributed by atoms with Crippen molar-refractivity contribution in [1.29, 1.82) is 0 Å². The highest BCUT2D eigenvalue weighted by Crippen LogP contribution is 2.23. The second-order valence-electron chi connectivity index (χ2n) is 7.24. The summed E-state index contributed by atoms with van der Waals surface area (Å²) >= 11 is 0. The van der Waals surface area contributed by atoms with Crippen LogP contribution in [-0.4, -0.2) is 60.1 Å². The molecular weight excluding hydrogens is 407 g/mol. The number of amides is 2. The number of aliphatic hydroxyl groups is 2. The number of hydrogen-bond acceptors (Lipinski definition) is 6. The molecule has 1 aliphatic rings. The van der Waals surface area contributed by atoms with E-state index in [4.69, 9.17) is 9.47 Å². The molecule has 4 atom stereocenters. The Morgan fingerprint density at radius 3 is 2.29 bits per heavy atom. The van der Waals surface area contributed by atoms with E-state index in [-0.39, 0.29) is 37.1 Å². The summed E-state index contributed by atoms with van der Waals surface area (Å²) in [5.74, 6) is -0.497. The fraction of sp³-hybridized carbons (Fsp3) is 0.364. The van der Waals surface area contributed by atoms with Gasteiger partial charge < -0.3 is 30.3 Å². The monoisotopic (exact) mass is 432 g/mol. The van der Waals surface area contributed by atoms with Crippen LogP contribution in [-0.2, 0) is 16.1 Å². The van der Waals surface area contributed by atoms with E-state index in [2.05, 4.69) is 10.6 Å². The predicted molar refractivity (Wildman–Crippen MR) is 109 cm³/mol. The van der Waals surface area contributed by atoms with E-state index in [1.165, 1.54) is 19.2 Å². The van der Waals surface area contributed by atoms with E-state index in [0.717, 1.165) is 5.56 Å². The summed E-state index contributed by atoms with van der Waals surface area (Å²) in [6.07, 6.45) is -4.44. The second-order valence-corrected chi connectivity index (χ2v) is 7.24. The number of carbonyl (C=O) groups excluding carboxylic acids is 2. The molecule has 2 aromatic rings. The molecule has 8 nitrogen and oxygen atoms in total. The van der Waals surface area contributed by atoms with Crippen LogP contribution in [0.5, 0.6) is 5.75 Å². The standard InChI is InChI=1S/C22H25FN2O6/c1-30-16-8-4-14(5-9-16)22(29)25-12-18-21(28)20(27)17(31-18)10-19(26)24-11-13-2-6-15(23)7-3-13/h2-9,17-18,20-21,27-28H,10-12H2,1H3,(H,24,26)(H,25,29)/t17-,18+,20-,21+/m0/s1. The molecule has 0 saturated carbocycles. The first-order valence-corrected chi connectivity index (χ1v) is 9.82. The Morgan fingerprint density at radius 1 is 1.00 bits per heavy atom. The lowest BCUT2D eigenvalue weighted by molar-refractivity contribution is -0.125. The molecule has 0 aliphatic carbocycles. The number of benzene rings is 2. The van der Waals surface area contributed by atoms with Crippen LogP contribution in [0.15, 0.2) is 48.5 Å². The van der Waals surface area contributed by atoms with Crippen LogP contribution in [0.4, 0.5) is 4.39 Å². The lowest BCUT2D eigenvalue weighted by Gasteiger charge is -2.15. The van der Waals surface area contributed by atoms with Gasteiger partial charge in [0.05, 0.1) is 19.6 Å². The Labute approximate surface area is 179 Å². The van der Waals surface area contributed by atoms with Gasteiger partial charge in [-0.2, -0.15) is 0 Å². The topological polar surface area (TPSA) is 117 Å². The summed E-state index contributed by atoms with van der Waals surface area (Å²) in [6, 6.07) is 12.2. The molecule has 1 fully saturated rings. The van der Waals surface area contributed by atoms with Crippen molar-refractivity contribution in [2.24, 2.45) is 0 Å². The molecule has 1 heterocycles. The van der Waals surface area contributed by atoms with Crippen molar-refractivity contribution in [3.05, 3.63) is 65.5 Å². The number of carbonyl (C=O) groups is 2. The van der Waals surface area contributed by atoms with Gasteiger partial charge in [-0.3, -0.25) is 9.59 Å². The fourth-order valence-corrected chi connectivity index (χ4v) is 3.26. The Bertz CT molecular complexity index is 890. The van der Waals surface area contributed by atoms with Crippen LogP contribution in [0, 0.1) is 5.82 Å². The molecule has 2 aromatic carbocycles. The maximum atomic E-state index is 12.9. The van der Waals surface area contributed by atoms with E-state index in [1.54, 1.807) is 36.4 Å². The van der Waals surface area contributed by atoms with Gasteiger partial charge >= 0.3 is 0 Å². The molecule has 3 rings (SSSR count). The van der Waals surface area contributed by atoms with Gasteiger partial charge in [0.2, 0.25) is 5.91 Å². The minimum atomic E-state index is -1.26. The quantitative estimate of drug-likeness (QED) is 0.489. The van der Waals surface area contributed by atoms with Gasteiger partial charge in [-0.05, 0) is 42.0 Å². The first-order chi connectivity index (χ1) is 14.9. The number of nitrogens with one attached hydrogen (secondary N) is 2. The van der Waals surface area contributed by atoms with Gasteiger partial charge in [0, 0.05) is 18.7 Å². The van der Waals surface area contributed by atoms with E-state index < -0.39 is 24.4 Å². The summed E-state index contributed by atoms with van der Waals surface area (Å²) < 4.78 is 23.6. The molecule has 2 amide bonds. The van der Waals surface area contributed by atoms with Crippen LogP contribution in [0.3, 0.4) is 0 Å². The van der Waals surface area contributed by atoms with Crippen LogP contribution < -0.4 is 15.4 Å². The minimum Gasteiger partial charge on any atom is -0.497 e. The van der Waals surface area contributed by atoms with Crippen molar-refractivity contribution in [2.45, 2.75) is 37.4 Å². The van der Waals surface area contributed by atoms with Gasteiger partial charge in [-0.25, -0.2) is 4.39 Å². The maximum Gasteiger partial charge on any atom is 0.251 e. The van der Waals surface area contributed by atoms with Gasteiger partial charge in [-0.15, -0.1) is 0 Å². The number of halogens is 1. The van der Waals surface area contributed by atoms with Gasteiger partial charge in [-0.1, -0.05) is 12.1 Å². The molecular formula is C22H25FN2O6. The number of rotatable bonds is 8. The Morgan fingerprint density at radius 2 is 1.65 bits per heavy atom. The Hall–Kier alpha value is -3.01. The highest BCUT2D eigenvalue weighted by Gasteiger charge is 2.43. The van der Waals surface area contributed by atoms with E-state index >= 15 is 0 Å². The number of methoxy groups -OCH3 is 1. The van der Waals surface area contributed by atoms with Gasteiger partial charge in [0.25, 0.3) is 5.91 Å². The third-order valence-corrected chi connectivity index (χ3v) is 5.07. The van der Waals surface area contributed by atoms with Crippen molar-refractivity contribution in [3.8, 4) is 5.75 Å². The zero-order valence-electron chi connectivity index (χ0n) is 17.0. The van der Waals surface area contributed by atoms with Crippen LogP contribution in [0.1, 0.15) is 22.3 Å². The Balaban J connectivity index is 1.46. The van der Waals surface area contributed by atoms with E-state index in [9.17, 15) is 24.2 Å². The van der Waals surface area contributed by atoms with Gasteiger partial charge in [0.15, 0.2) is 0 Å². The first-order valence-electron chi connectivity index (χ1n) is 9.82. The van der Waals surface area contributed by atoms with E-state index in [1.807, 2.05) is 0 Å². The average molecular weight is 432 g/mol. The second kappa shape index (κ2) is 10.3. The highest BCUT2D eigenvalue weighted by molar-refractivity contribution is 5.94. The zero-order chi connectivity index (χ0) is 22.4. The van der Waals surface area contributed by atoms with Crippen molar-refractivity contribution in [1.82, 2.24) is 10.6 Å². The maximum absolute atomic E-state index is 12.9. The molecule has 0 bridgehead atoms. The van der Waals surface area contributed by atoms with Crippen molar-refractivity contribution >= 4 is 11.8 Å². The molecule has 0 aromatic heterocycles. The lowest BCUT2D eigenvalue weighted by Crippen LogP contribution is -2.40. The molecule has 0 unspecified atom stereocenters. The molecule has 4 N–H and O–H groups in total. The molecule has 0 spiro atoms. The number of hydrogen-bond donors (Lipinski definition) is 4. The summed E-state index contributed by atoms with van der Waals surface area (Å²) in [5, 5.41) is 25.7. The van der Waals surface area contributed by atoms with Crippen molar-refractivity contribution in [3.63, 3.8) is 0 Å². The summed E-state index contributed by atoms with van der Waals surface area (Å²) in [6.45, 7) is 0.169. The van der Waals surface area contributed by atoms with E-state index in [0.29, 0.717) is 11.3 Å². The third kappa shape index (κ3) is 6.00. The van der Waals surface area contributed by atoms with Crippen LogP contribution in [0.25, 0.3) is 0 Å². The Kier molecular flexibility index (Phi) is 7.56. The SMILES string of the molecule is COc1ccc(C(=O)NC[C@H]2O[C@@H](CC(=O)NCc3ccc(F)cc3)[C@H](O)[C@@H]2O)cc1. The fourth-order valence-electron chi connectivity index (χ4n) is 3.26. The van der Waals surface area contributed by atoms with Crippen molar-refractivity contribution < 1.29 is 33.7 Å². The predicted octanol–water partition coefficient (Wildman–Crippen LogP) is 0.760. The molecule has 1 saturated heterocycles. The van der Waals surface area contributed by atoms with Gasteiger partial charge in [0.1, 0.15) is 29.9 Å². The molecule has 31 heavy (non-hydrogen) atoms. The first kappa shape index (κ1) is 22.7. The average Bonchev–Trinajstić information content (AvgIpc) is 3.05. The number of ether oxygens (including phenoxy) is 2. The zero-order valence-corrected chi connectivity index (χ0v) is 17.0.